The van der Waals surface area contributed by atoms with Gasteiger partial charge in [-0.15, -0.1) is 0 Å². The van der Waals surface area contributed by atoms with Crippen molar-refractivity contribution < 1.29 is 14.3 Å². The normalized spacial score (nSPS) is 16.6. The van der Waals surface area contributed by atoms with Crippen LogP contribution in [0.3, 0.4) is 0 Å². The molecule has 0 spiro atoms. The number of hydrogen-bond acceptors (Lipinski definition) is 3. The van der Waals surface area contributed by atoms with E-state index in [2.05, 4.69) is 5.32 Å². The number of nitrogens with one attached hydrogen (secondary N) is 1. The molecule has 1 saturated heterocycles. The van der Waals surface area contributed by atoms with Crippen molar-refractivity contribution in [2.45, 2.75) is 25.3 Å². The van der Waals surface area contributed by atoms with E-state index in [1.807, 2.05) is 36.4 Å². The predicted molar refractivity (Wildman–Crippen MR) is 102 cm³/mol. The van der Waals surface area contributed by atoms with Crippen molar-refractivity contribution in [2.24, 2.45) is 0 Å². The van der Waals surface area contributed by atoms with Crippen molar-refractivity contribution in [1.82, 2.24) is 5.32 Å². The highest BCUT2D eigenvalue weighted by Gasteiger charge is 2.31. The monoisotopic (exact) mass is 372 g/mol. The number of rotatable bonds is 6. The van der Waals surface area contributed by atoms with Crippen LogP contribution >= 0.6 is 11.6 Å². The maximum absolute atomic E-state index is 12.2. The Morgan fingerprint density at radius 2 is 1.88 bits per heavy atom. The van der Waals surface area contributed by atoms with Gasteiger partial charge in [0.2, 0.25) is 11.8 Å². The largest absolute Gasteiger partial charge is 0.497 e. The third kappa shape index (κ3) is 4.55. The van der Waals surface area contributed by atoms with E-state index in [0.29, 0.717) is 30.8 Å². The molecule has 0 radical (unpaired) electrons. The maximum atomic E-state index is 12.2. The topological polar surface area (TPSA) is 58.6 Å². The van der Waals surface area contributed by atoms with Gasteiger partial charge in [0.15, 0.2) is 0 Å². The van der Waals surface area contributed by atoms with E-state index in [4.69, 9.17) is 16.3 Å². The molecule has 2 aromatic rings. The van der Waals surface area contributed by atoms with Crippen LogP contribution in [-0.2, 0) is 16.0 Å². The maximum Gasteiger partial charge on any atom is 0.229 e. The number of aryl methyl sites for hydroxylation is 1. The van der Waals surface area contributed by atoms with E-state index in [0.717, 1.165) is 17.0 Å². The minimum absolute atomic E-state index is 0.00720. The summed E-state index contributed by atoms with van der Waals surface area (Å²) in [7, 11) is 1.62. The molecule has 0 aromatic heterocycles. The van der Waals surface area contributed by atoms with Gasteiger partial charge in [-0.05, 0) is 48.4 Å². The van der Waals surface area contributed by atoms with Crippen LogP contribution < -0.4 is 15.0 Å². The van der Waals surface area contributed by atoms with Gasteiger partial charge >= 0.3 is 0 Å². The Kier molecular flexibility index (Phi) is 5.78. The third-order valence-electron chi connectivity index (χ3n) is 4.43. The number of benzene rings is 2. The van der Waals surface area contributed by atoms with E-state index >= 15 is 0 Å². The summed E-state index contributed by atoms with van der Waals surface area (Å²) in [5.41, 5.74) is 1.88. The Morgan fingerprint density at radius 3 is 2.54 bits per heavy atom. The van der Waals surface area contributed by atoms with Crippen LogP contribution in [0.15, 0.2) is 48.5 Å². The van der Waals surface area contributed by atoms with Gasteiger partial charge in [0.05, 0.1) is 13.2 Å². The van der Waals surface area contributed by atoms with Crippen LogP contribution in [0.2, 0.25) is 5.02 Å². The van der Waals surface area contributed by atoms with Gasteiger partial charge in [-0.3, -0.25) is 9.59 Å². The molecule has 2 amide bonds. The van der Waals surface area contributed by atoms with Crippen LogP contribution in [-0.4, -0.2) is 31.5 Å². The fraction of sp³-hybridized carbons (Fsp3) is 0.300. The summed E-state index contributed by atoms with van der Waals surface area (Å²) in [6, 6.07) is 14.6. The standard InChI is InChI=1S/C20H21ClN2O3/c1-26-18-9-2-14(3-10-18)4-11-19(24)22-16-12-20(25)23(13-16)17-7-5-15(21)6-8-17/h2-3,5-10,16H,4,11-13H2,1H3,(H,22,24)/t16-/m1/s1. The van der Waals surface area contributed by atoms with Crippen LogP contribution in [0.25, 0.3) is 0 Å². The molecule has 5 nitrogen and oxygen atoms in total. The van der Waals surface area contributed by atoms with Crippen LogP contribution in [0.1, 0.15) is 18.4 Å². The van der Waals surface area contributed by atoms with Crippen molar-refractivity contribution >= 4 is 29.1 Å². The lowest BCUT2D eigenvalue weighted by molar-refractivity contribution is -0.121. The fourth-order valence-corrected chi connectivity index (χ4v) is 3.15. The van der Waals surface area contributed by atoms with Gasteiger partial charge < -0.3 is 15.0 Å². The second-order valence-electron chi connectivity index (χ2n) is 6.30. The summed E-state index contributed by atoms with van der Waals surface area (Å²) < 4.78 is 5.12. The van der Waals surface area contributed by atoms with Gasteiger partial charge in [-0.25, -0.2) is 0 Å². The van der Waals surface area contributed by atoms with Crippen molar-refractivity contribution in [3.05, 3.63) is 59.1 Å². The number of methoxy groups -OCH3 is 1. The number of amides is 2. The molecule has 1 aliphatic rings. The fourth-order valence-electron chi connectivity index (χ4n) is 3.02. The molecule has 1 N–H and O–H groups in total. The zero-order chi connectivity index (χ0) is 18.5. The number of ether oxygens (including phenoxy) is 1. The summed E-state index contributed by atoms with van der Waals surface area (Å²) in [6.45, 7) is 0.481. The van der Waals surface area contributed by atoms with Gasteiger partial charge in [0.25, 0.3) is 0 Å². The number of nitrogens with zero attached hydrogens (tertiary/aromatic N) is 1. The number of hydrogen-bond donors (Lipinski definition) is 1. The first kappa shape index (κ1) is 18.3. The van der Waals surface area contributed by atoms with Crippen molar-refractivity contribution in [3.8, 4) is 5.75 Å². The lowest BCUT2D eigenvalue weighted by Gasteiger charge is -2.17. The van der Waals surface area contributed by atoms with Gasteiger partial charge in [0, 0.05) is 30.1 Å². The average molecular weight is 373 g/mol. The minimum atomic E-state index is -0.165. The van der Waals surface area contributed by atoms with Gasteiger partial charge in [0.1, 0.15) is 5.75 Å². The molecular weight excluding hydrogens is 352 g/mol. The summed E-state index contributed by atoms with van der Waals surface area (Å²) in [6.07, 6.45) is 1.35. The molecule has 0 aliphatic carbocycles. The van der Waals surface area contributed by atoms with Gasteiger partial charge in [-0.2, -0.15) is 0 Å². The first-order chi connectivity index (χ1) is 12.5. The lowest BCUT2D eigenvalue weighted by atomic mass is 10.1. The molecule has 0 bridgehead atoms. The number of anilines is 1. The third-order valence-corrected chi connectivity index (χ3v) is 4.68. The zero-order valence-corrected chi connectivity index (χ0v) is 15.3. The molecule has 26 heavy (non-hydrogen) atoms. The first-order valence-corrected chi connectivity index (χ1v) is 8.91. The lowest BCUT2D eigenvalue weighted by Crippen LogP contribution is -2.37. The zero-order valence-electron chi connectivity index (χ0n) is 14.6. The molecule has 1 aliphatic heterocycles. The van der Waals surface area contributed by atoms with E-state index in [9.17, 15) is 9.59 Å². The first-order valence-electron chi connectivity index (χ1n) is 8.53. The summed E-state index contributed by atoms with van der Waals surface area (Å²) in [5, 5.41) is 3.59. The van der Waals surface area contributed by atoms with Crippen LogP contribution in [0, 0.1) is 0 Å². The Hall–Kier alpha value is -2.53. The Morgan fingerprint density at radius 1 is 1.19 bits per heavy atom. The number of carbonyl (C=O) groups excluding carboxylic acids is 2. The highest BCUT2D eigenvalue weighted by Crippen LogP contribution is 2.23. The molecule has 3 rings (SSSR count). The summed E-state index contributed by atoms with van der Waals surface area (Å²) in [5.74, 6) is 0.759. The Labute approximate surface area is 157 Å². The van der Waals surface area contributed by atoms with Gasteiger partial charge in [-0.1, -0.05) is 23.7 Å². The highest BCUT2D eigenvalue weighted by molar-refractivity contribution is 6.30. The molecule has 1 heterocycles. The molecule has 136 valence electrons. The van der Waals surface area contributed by atoms with Crippen molar-refractivity contribution in [2.75, 3.05) is 18.6 Å². The van der Waals surface area contributed by atoms with E-state index in [1.165, 1.54) is 0 Å². The molecule has 0 unspecified atom stereocenters. The highest BCUT2D eigenvalue weighted by atomic mass is 35.5. The molecule has 1 atom stereocenters. The van der Waals surface area contributed by atoms with Crippen LogP contribution in [0.5, 0.6) is 5.75 Å². The number of carbonyl (C=O) groups is 2. The SMILES string of the molecule is COc1ccc(CCC(=O)N[C@@H]2CC(=O)N(c3ccc(Cl)cc3)C2)cc1. The molecular formula is C20H21ClN2O3. The van der Waals surface area contributed by atoms with E-state index in [-0.39, 0.29) is 17.9 Å². The van der Waals surface area contributed by atoms with Crippen molar-refractivity contribution in [3.63, 3.8) is 0 Å². The summed E-state index contributed by atoms with van der Waals surface area (Å²) >= 11 is 5.89. The van der Waals surface area contributed by atoms with E-state index < -0.39 is 0 Å². The quantitative estimate of drug-likeness (QED) is 0.847. The summed E-state index contributed by atoms with van der Waals surface area (Å²) in [4.78, 5) is 26.1. The Bertz CT molecular complexity index is 775. The molecule has 6 heteroatoms. The molecule has 0 saturated carbocycles. The van der Waals surface area contributed by atoms with Crippen LogP contribution in [0.4, 0.5) is 5.69 Å². The Balaban J connectivity index is 1.50. The predicted octanol–water partition coefficient (Wildman–Crippen LogP) is 3.20. The number of halogens is 1. The second kappa shape index (κ2) is 8.23. The average Bonchev–Trinajstić information content (AvgIpc) is 3.01. The van der Waals surface area contributed by atoms with Crippen molar-refractivity contribution in [1.29, 1.82) is 0 Å². The van der Waals surface area contributed by atoms with E-state index in [1.54, 1.807) is 24.1 Å². The molecule has 1 fully saturated rings. The minimum Gasteiger partial charge on any atom is -0.497 e. The second-order valence-corrected chi connectivity index (χ2v) is 6.73. The smallest absolute Gasteiger partial charge is 0.229 e. The molecule has 2 aromatic carbocycles.